The summed E-state index contributed by atoms with van der Waals surface area (Å²) >= 11 is 15.6. The van der Waals surface area contributed by atoms with Gasteiger partial charge in [0.15, 0.2) is 11.5 Å². The number of hydrogen-bond acceptors (Lipinski definition) is 3. The van der Waals surface area contributed by atoms with E-state index in [4.69, 9.17) is 32.7 Å². The number of aryl methyl sites for hydroxylation is 1. The standard InChI is InChI=1S/C22H18BrCl2NO3/c1-13-6-8-14(9-7-13)12-29-21-16(23)10-15(11-19(21)28-2)22(27)26-18-5-3-4-17(24)20(18)25/h3-11H,12H2,1-2H3,(H,26,27). The Morgan fingerprint density at radius 2 is 1.83 bits per heavy atom. The van der Waals surface area contributed by atoms with Crippen molar-refractivity contribution in [3.05, 3.63) is 85.8 Å². The van der Waals surface area contributed by atoms with Crippen molar-refractivity contribution in [2.45, 2.75) is 13.5 Å². The predicted octanol–water partition coefficient (Wildman–Crippen LogP) is 6.90. The van der Waals surface area contributed by atoms with Gasteiger partial charge in [-0.25, -0.2) is 0 Å². The number of carbonyl (C=O) groups excluding carboxylic acids is 1. The summed E-state index contributed by atoms with van der Waals surface area (Å²) in [5.74, 6) is 0.609. The lowest BCUT2D eigenvalue weighted by Crippen LogP contribution is -2.13. The maximum Gasteiger partial charge on any atom is 0.255 e. The number of nitrogens with one attached hydrogen (secondary N) is 1. The smallest absolute Gasteiger partial charge is 0.255 e. The first-order valence-corrected chi connectivity index (χ1v) is 10.2. The van der Waals surface area contributed by atoms with Crippen LogP contribution in [0.2, 0.25) is 10.0 Å². The maximum atomic E-state index is 12.7. The summed E-state index contributed by atoms with van der Waals surface area (Å²) in [6.45, 7) is 2.41. The average Bonchev–Trinajstić information content (AvgIpc) is 2.71. The molecule has 150 valence electrons. The van der Waals surface area contributed by atoms with Crippen LogP contribution in [0.25, 0.3) is 0 Å². The van der Waals surface area contributed by atoms with Gasteiger partial charge in [-0.15, -0.1) is 0 Å². The fraction of sp³-hybridized carbons (Fsp3) is 0.136. The second-order valence-electron chi connectivity index (χ2n) is 6.32. The van der Waals surface area contributed by atoms with Crippen LogP contribution in [0.15, 0.2) is 59.1 Å². The van der Waals surface area contributed by atoms with Crippen LogP contribution in [0.5, 0.6) is 11.5 Å². The number of rotatable bonds is 6. The van der Waals surface area contributed by atoms with Gasteiger partial charge in [-0.1, -0.05) is 59.1 Å². The largest absolute Gasteiger partial charge is 0.493 e. The number of amides is 1. The van der Waals surface area contributed by atoms with Crippen LogP contribution in [-0.2, 0) is 6.61 Å². The van der Waals surface area contributed by atoms with Gasteiger partial charge < -0.3 is 14.8 Å². The Morgan fingerprint density at radius 1 is 1.10 bits per heavy atom. The molecule has 7 heteroatoms. The van der Waals surface area contributed by atoms with E-state index >= 15 is 0 Å². The van der Waals surface area contributed by atoms with Gasteiger partial charge >= 0.3 is 0 Å². The van der Waals surface area contributed by atoms with Crippen molar-refractivity contribution in [3.63, 3.8) is 0 Å². The van der Waals surface area contributed by atoms with E-state index in [-0.39, 0.29) is 10.9 Å². The Labute approximate surface area is 187 Å². The molecule has 1 N–H and O–H groups in total. The van der Waals surface area contributed by atoms with Gasteiger partial charge in [-0.2, -0.15) is 0 Å². The molecule has 29 heavy (non-hydrogen) atoms. The number of carbonyl (C=O) groups is 1. The van der Waals surface area contributed by atoms with Gasteiger partial charge in [0.1, 0.15) is 6.61 Å². The Bertz CT molecular complexity index is 1040. The van der Waals surface area contributed by atoms with Crippen LogP contribution in [0, 0.1) is 6.92 Å². The molecule has 3 rings (SSSR count). The lowest BCUT2D eigenvalue weighted by molar-refractivity contribution is 0.102. The van der Waals surface area contributed by atoms with Gasteiger partial charge in [0.05, 0.1) is 27.3 Å². The molecule has 0 saturated carbocycles. The van der Waals surface area contributed by atoms with E-state index in [1.54, 1.807) is 30.3 Å². The summed E-state index contributed by atoms with van der Waals surface area (Å²) in [4.78, 5) is 12.7. The molecule has 1 amide bonds. The Morgan fingerprint density at radius 3 is 2.52 bits per heavy atom. The molecule has 0 saturated heterocycles. The van der Waals surface area contributed by atoms with Crippen molar-refractivity contribution < 1.29 is 14.3 Å². The van der Waals surface area contributed by atoms with E-state index in [1.165, 1.54) is 12.7 Å². The summed E-state index contributed by atoms with van der Waals surface area (Å²) in [7, 11) is 1.52. The lowest BCUT2D eigenvalue weighted by atomic mass is 10.1. The molecule has 4 nitrogen and oxygen atoms in total. The highest BCUT2D eigenvalue weighted by Gasteiger charge is 2.17. The molecular formula is C22H18BrCl2NO3. The first kappa shape index (κ1) is 21.5. The van der Waals surface area contributed by atoms with Crippen molar-refractivity contribution in [3.8, 4) is 11.5 Å². The number of hydrogen-bond donors (Lipinski definition) is 1. The topological polar surface area (TPSA) is 47.6 Å². The molecule has 0 bridgehead atoms. The highest BCUT2D eigenvalue weighted by atomic mass is 79.9. The van der Waals surface area contributed by atoms with E-state index in [0.29, 0.717) is 38.9 Å². The van der Waals surface area contributed by atoms with Crippen LogP contribution in [-0.4, -0.2) is 13.0 Å². The number of anilines is 1. The van der Waals surface area contributed by atoms with Gasteiger partial charge in [-0.3, -0.25) is 4.79 Å². The zero-order chi connectivity index (χ0) is 21.0. The lowest BCUT2D eigenvalue weighted by Gasteiger charge is -2.15. The molecule has 0 aliphatic heterocycles. The number of halogens is 3. The summed E-state index contributed by atoms with van der Waals surface area (Å²) in [5.41, 5.74) is 3.02. The summed E-state index contributed by atoms with van der Waals surface area (Å²) < 4.78 is 12.0. The molecule has 0 atom stereocenters. The summed E-state index contributed by atoms with van der Waals surface area (Å²) in [6.07, 6.45) is 0. The molecule has 0 aliphatic rings. The minimum absolute atomic E-state index is 0.284. The molecule has 0 spiro atoms. The number of ether oxygens (including phenoxy) is 2. The van der Waals surface area contributed by atoms with Crippen molar-refractivity contribution in [2.24, 2.45) is 0 Å². The van der Waals surface area contributed by atoms with E-state index in [2.05, 4.69) is 21.2 Å². The molecule has 3 aromatic carbocycles. The van der Waals surface area contributed by atoms with Crippen LogP contribution < -0.4 is 14.8 Å². The maximum absolute atomic E-state index is 12.7. The minimum atomic E-state index is -0.349. The molecule has 0 unspecified atom stereocenters. The highest BCUT2D eigenvalue weighted by molar-refractivity contribution is 9.10. The third-order valence-electron chi connectivity index (χ3n) is 4.20. The van der Waals surface area contributed by atoms with Crippen molar-refractivity contribution in [1.82, 2.24) is 0 Å². The van der Waals surface area contributed by atoms with Crippen LogP contribution in [0.4, 0.5) is 5.69 Å². The van der Waals surface area contributed by atoms with Crippen molar-refractivity contribution in [1.29, 1.82) is 0 Å². The Kier molecular flexibility index (Phi) is 7.06. The SMILES string of the molecule is COc1cc(C(=O)Nc2cccc(Cl)c2Cl)cc(Br)c1OCc1ccc(C)cc1. The quantitative estimate of drug-likeness (QED) is 0.405. The normalized spacial score (nSPS) is 10.5. The first-order valence-electron chi connectivity index (χ1n) is 8.70. The van der Waals surface area contributed by atoms with Crippen LogP contribution in [0.3, 0.4) is 0 Å². The zero-order valence-electron chi connectivity index (χ0n) is 15.8. The average molecular weight is 495 g/mol. The predicted molar refractivity (Wildman–Crippen MR) is 121 cm³/mol. The third-order valence-corrected chi connectivity index (χ3v) is 5.60. The van der Waals surface area contributed by atoms with Gasteiger partial charge in [0.25, 0.3) is 5.91 Å². The van der Waals surface area contributed by atoms with E-state index < -0.39 is 0 Å². The minimum Gasteiger partial charge on any atom is -0.493 e. The second-order valence-corrected chi connectivity index (χ2v) is 7.96. The van der Waals surface area contributed by atoms with Gasteiger partial charge in [0.2, 0.25) is 0 Å². The van der Waals surface area contributed by atoms with Crippen molar-refractivity contribution in [2.75, 3.05) is 12.4 Å². The molecule has 0 fully saturated rings. The number of methoxy groups -OCH3 is 1. The first-order chi connectivity index (χ1) is 13.9. The Balaban J connectivity index is 1.80. The number of benzene rings is 3. The fourth-order valence-corrected chi connectivity index (χ4v) is 3.53. The fourth-order valence-electron chi connectivity index (χ4n) is 2.63. The third kappa shape index (κ3) is 5.24. The van der Waals surface area contributed by atoms with Gasteiger partial charge in [-0.05, 0) is 52.7 Å². The summed E-state index contributed by atoms with van der Waals surface area (Å²) in [5, 5.41) is 3.40. The van der Waals surface area contributed by atoms with Crippen molar-refractivity contribution >= 4 is 50.7 Å². The van der Waals surface area contributed by atoms with E-state index in [9.17, 15) is 4.79 Å². The molecule has 0 aliphatic carbocycles. The molecular weight excluding hydrogens is 477 g/mol. The van der Waals surface area contributed by atoms with E-state index in [1.807, 2.05) is 31.2 Å². The summed E-state index contributed by atoms with van der Waals surface area (Å²) in [6, 6.07) is 16.4. The molecule has 0 aromatic heterocycles. The van der Waals surface area contributed by atoms with Crippen LogP contribution >= 0.6 is 39.1 Å². The molecule has 3 aromatic rings. The van der Waals surface area contributed by atoms with Gasteiger partial charge in [0, 0.05) is 5.56 Å². The Hall–Kier alpha value is -2.21. The molecule has 0 heterocycles. The second kappa shape index (κ2) is 9.53. The van der Waals surface area contributed by atoms with E-state index in [0.717, 1.165) is 5.56 Å². The zero-order valence-corrected chi connectivity index (χ0v) is 18.9. The molecule has 0 radical (unpaired) electrons. The highest BCUT2D eigenvalue weighted by Crippen LogP contribution is 2.38. The monoisotopic (exact) mass is 493 g/mol. The van der Waals surface area contributed by atoms with Crippen LogP contribution in [0.1, 0.15) is 21.5 Å².